The lowest BCUT2D eigenvalue weighted by molar-refractivity contribution is -0.161. The summed E-state index contributed by atoms with van der Waals surface area (Å²) in [7, 11) is -4.76. The summed E-state index contributed by atoms with van der Waals surface area (Å²) in [5, 5.41) is 9.76. The second-order valence-electron chi connectivity index (χ2n) is 18.0. The van der Waals surface area contributed by atoms with Crippen LogP contribution in [-0.2, 0) is 42.2 Å². The third-order valence-electron chi connectivity index (χ3n) is 11.3. The van der Waals surface area contributed by atoms with Gasteiger partial charge in [-0.25, -0.2) is 4.57 Å². The van der Waals surface area contributed by atoms with Crippen molar-refractivity contribution in [2.24, 2.45) is 0 Å². The topological polar surface area (TPSA) is 155 Å². The molecule has 0 radical (unpaired) electrons. The Kier molecular flexibility index (Phi) is 49.5. The van der Waals surface area contributed by atoms with Crippen LogP contribution in [0.3, 0.4) is 0 Å². The van der Waals surface area contributed by atoms with Crippen molar-refractivity contribution in [2.45, 2.75) is 238 Å². The zero-order valence-electron chi connectivity index (χ0n) is 44.2. The Labute approximate surface area is 426 Å². The SMILES string of the molecule is CC/C=C\C/C=C\C/C=C\C/C=C\C/C=C\C/C=C\CCC(=O)OCC(COP(=O)(O)OCC(CO)OC(=O)CCCCCCCCCCC)OC(=O)CCCCCCC/C=C\CCCCCCCC. The number of aliphatic hydroxyl groups is 1. The lowest BCUT2D eigenvalue weighted by Gasteiger charge is -2.21. The van der Waals surface area contributed by atoms with Gasteiger partial charge in [0.2, 0.25) is 0 Å². The minimum absolute atomic E-state index is 0.0978. The fourth-order valence-corrected chi connectivity index (χ4v) is 7.92. The van der Waals surface area contributed by atoms with E-state index in [0.717, 1.165) is 96.3 Å². The Balaban J connectivity index is 4.85. The van der Waals surface area contributed by atoms with Crippen LogP contribution in [0.25, 0.3) is 0 Å². The summed E-state index contributed by atoms with van der Waals surface area (Å²) in [6, 6.07) is 0. The molecule has 0 saturated carbocycles. The highest BCUT2D eigenvalue weighted by atomic mass is 31.2. The molecule has 0 heterocycles. The van der Waals surface area contributed by atoms with Crippen molar-refractivity contribution in [1.29, 1.82) is 0 Å². The van der Waals surface area contributed by atoms with E-state index in [1.54, 1.807) is 0 Å². The molecule has 12 heteroatoms. The zero-order chi connectivity index (χ0) is 51.3. The number of hydrogen-bond acceptors (Lipinski definition) is 10. The molecule has 70 heavy (non-hydrogen) atoms. The quantitative estimate of drug-likeness (QED) is 0.0197. The van der Waals surface area contributed by atoms with E-state index in [1.165, 1.54) is 70.6 Å². The Morgan fingerprint density at radius 3 is 1.20 bits per heavy atom. The Morgan fingerprint density at radius 2 is 0.771 bits per heavy atom. The molecule has 2 N–H and O–H groups in total. The molecule has 0 amide bonds. The highest BCUT2D eigenvalue weighted by molar-refractivity contribution is 7.47. The Hall–Kier alpha value is -3.34. The minimum Gasteiger partial charge on any atom is -0.462 e. The van der Waals surface area contributed by atoms with E-state index in [2.05, 4.69) is 93.7 Å². The van der Waals surface area contributed by atoms with Crippen LogP contribution in [0.1, 0.15) is 226 Å². The van der Waals surface area contributed by atoms with Gasteiger partial charge in [0.15, 0.2) is 6.10 Å². The standard InChI is InChI=1S/C58H99O11P/c1-4-7-10-13-16-19-21-23-25-26-27-28-30-31-33-36-38-41-44-47-56(60)65-51-55(69-58(62)49-46-43-40-37-34-32-29-24-22-20-17-14-11-8-5-2)53-67-70(63,64)66-52-54(50-59)68-57(61)48-45-42-39-35-18-15-12-9-6-3/h7,10,16,19,23-25,27-29,31,33,38,41,54-55,59H,4-6,8-9,11-15,17-18,20-22,26,30,32,34-37,39-40,42-53H2,1-3H3,(H,63,64)/b10-7-,19-16-,25-23-,28-27-,29-24-,33-31-,41-38-. The first-order valence-corrected chi connectivity index (χ1v) is 29.0. The average Bonchev–Trinajstić information content (AvgIpc) is 3.35. The van der Waals surface area contributed by atoms with Crippen molar-refractivity contribution < 1.29 is 52.2 Å². The van der Waals surface area contributed by atoms with Crippen molar-refractivity contribution in [2.75, 3.05) is 26.4 Å². The van der Waals surface area contributed by atoms with Gasteiger partial charge < -0.3 is 24.2 Å². The second-order valence-corrected chi connectivity index (χ2v) is 19.5. The number of esters is 3. The van der Waals surface area contributed by atoms with Crippen LogP contribution >= 0.6 is 7.82 Å². The van der Waals surface area contributed by atoms with Gasteiger partial charge in [-0.05, 0) is 83.5 Å². The highest BCUT2D eigenvalue weighted by Gasteiger charge is 2.28. The molecule has 0 aromatic rings. The average molecular weight is 1000 g/mol. The van der Waals surface area contributed by atoms with Gasteiger partial charge in [0, 0.05) is 19.3 Å². The monoisotopic (exact) mass is 1000 g/mol. The zero-order valence-corrected chi connectivity index (χ0v) is 45.1. The van der Waals surface area contributed by atoms with Gasteiger partial charge in [-0.15, -0.1) is 0 Å². The van der Waals surface area contributed by atoms with E-state index >= 15 is 0 Å². The maximum absolute atomic E-state index is 12.9. The van der Waals surface area contributed by atoms with E-state index in [4.69, 9.17) is 23.3 Å². The van der Waals surface area contributed by atoms with E-state index in [9.17, 15) is 28.9 Å². The van der Waals surface area contributed by atoms with Crippen LogP contribution in [0.15, 0.2) is 85.1 Å². The molecule has 0 aliphatic carbocycles. The molecular formula is C58H99O11P. The molecule has 3 atom stereocenters. The number of aliphatic hydroxyl groups excluding tert-OH is 1. The van der Waals surface area contributed by atoms with Crippen LogP contribution in [0, 0.1) is 0 Å². The fraction of sp³-hybridized carbons (Fsp3) is 0.707. The van der Waals surface area contributed by atoms with Gasteiger partial charge in [0.25, 0.3) is 0 Å². The lowest BCUT2D eigenvalue weighted by Crippen LogP contribution is -2.30. The summed E-state index contributed by atoms with van der Waals surface area (Å²) in [6.45, 7) is 4.40. The third kappa shape index (κ3) is 49.6. The van der Waals surface area contributed by atoms with Crippen molar-refractivity contribution in [3.63, 3.8) is 0 Å². The van der Waals surface area contributed by atoms with Gasteiger partial charge in [-0.3, -0.25) is 23.4 Å². The van der Waals surface area contributed by atoms with E-state index in [1.807, 2.05) is 12.2 Å². The summed E-state index contributed by atoms with van der Waals surface area (Å²) in [5.74, 6) is -1.58. The molecular weight excluding hydrogens is 904 g/mol. The number of rotatable bonds is 50. The summed E-state index contributed by atoms with van der Waals surface area (Å²) < 4.78 is 39.3. The molecule has 0 rings (SSSR count). The van der Waals surface area contributed by atoms with Crippen LogP contribution in [0.5, 0.6) is 0 Å². The molecule has 0 spiro atoms. The van der Waals surface area contributed by atoms with E-state index in [-0.39, 0.29) is 25.9 Å². The Morgan fingerprint density at radius 1 is 0.414 bits per heavy atom. The number of unbranched alkanes of at least 4 members (excludes halogenated alkanes) is 19. The molecule has 0 fully saturated rings. The number of carbonyl (C=O) groups excluding carboxylic acids is 3. The van der Waals surface area contributed by atoms with Crippen molar-refractivity contribution in [3.8, 4) is 0 Å². The number of ether oxygens (including phenoxy) is 3. The highest BCUT2D eigenvalue weighted by Crippen LogP contribution is 2.43. The molecule has 0 bridgehead atoms. The van der Waals surface area contributed by atoms with Crippen molar-refractivity contribution >= 4 is 25.7 Å². The number of phosphoric ester groups is 1. The fourth-order valence-electron chi connectivity index (χ4n) is 7.14. The smallest absolute Gasteiger partial charge is 0.462 e. The largest absolute Gasteiger partial charge is 0.472 e. The van der Waals surface area contributed by atoms with Crippen LogP contribution < -0.4 is 0 Å². The Bertz CT molecular complexity index is 1500. The second kappa shape index (κ2) is 52.0. The minimum atomic E-state index is -4.76. The molecule has 0 aliphatic heterocycles. The summed E-state index contributed by atoms with van der Waals surface area (Å²) in [4.78, 5) is 48.3. The van der Waals surface area contributed by atoms with Gasteiger partial charge in [-0.1, -0.05) is 209 Å². The van der Waals surface area contributed by atoms with E-state index < -0.39 is 57.8 Å². The van der Waals surface area contributed by atoms with Gasteiger partial charge in [-0.2, -0.15) is 0 Å². The van der Waals surface area contributed by atoms with Crippen LogP contribution in [0.4, 0.5) is 0 Å². The number of hydrogen-bond donors (Lipinski definition) is 2. The van der Waals surface area contributed by atoms with Crippen molar-refractivity contribution in [1.82, 2.24) is 0 Å². The summed E-state index contributed by atoms with van der Waals surface area (Å²) in [6.07, 6.45) is 58.6. The molecule has 0 aromatic heterocycles. The third-order valence-corrected chi connectivity index (χ3v) is 12.3. The normalized spacial score (nSPS) is 14.1. The van der Waals surface area contributed by atoms with Crippen LogP contribution in [-0.4, -0.2) is 66.5 Å². The van der Waals surface area contributed by atoms with Crippen LogP contribution in [0.2, 0.25) is 0 Å². The molecule has 0 aromatic carbocycles. The first kappa shape index (κ1) is 66.7. The number of carbonyl (C=O) groups is 3. The number of phosphoric acid groups is 1. The predicted molar refractivity (Wildman–Crippen MR) is 288 cm³/mol. The molecule has 0 aliphatic rings. The lowest BCUT2D eigenvalue weighted by atomic mass is 10.1. The van der Waals surface area contributed by atoms with E-state index in [0.29, 0.717) is 19.3 Å². The van der Waals surface area contributed by atoms with Gasteiger partial charge >= 0.3 is 25.7 Å². The summed E-state index contributed by atoms with van der Waals surface area (Å²) >= 11 is 0. The maximum Gasteiger partial charge on any atom is 0.472 e. The number of allylic oxidation sites excluding steroid dienone is 14. The first-order chi connectivity index (χ1) is 34.2. The molecule has 11 nitrogen and oxygen atoms in total. The van der Waals surface area contributed by atoms with Gasteiger partial charge in [0.05, 0.1) is 19.8 Å². The molecule has 0 saturated heterocycles. The molecule has 3 unspecified atom stereocenters. The molecule has 402 valence electrons. The van der Waals surface area contributed by atoms with Crippen molar-refractivity contribution in [3.05, 3.63) is 85.1 Å². The first-order valence-electron chi connectivity index (χ1n) is 27.5. The maximum atomic E-state index is 12.9. The van der Waals surface area contributed by atoms with Gasteiger partial charge in [0.1, 0.15) is 12.7 Å². The predicted octanol–water partition coefficient (Wildman–Crippen LogP) is 15.9. The summed E-state index contributed by atoms with van der Waals surface area (Å²) in [5.41, 5.74) is 0.